The summed E-state index contributed by atoms with van der Waals surface area (Å²) < 4.78 is 10.3. The van der Waals surface area contributed by atoms with Crippen molar-refractivity contribution in [2.45, 2.75) is 44.4 Å². The Balaban J connectivity index is 1.30. The van der Waals surface area contributed by atoms with Gasteiger partial charge < -0.3 is 19.0 Å². The van der Waals surface area contributed by atoms with Crippen LogP contribution in [0.3, 0.4) is 0 Å². The first-order valence-electron chi connectivity index (χ1n) is 10.8. The molecule has 7 nitrogen and oxygen atoms in total. The van der Waals surface area contributed by atoms with Crippen LogP contribution in [0.1, 0.15) is 50.0 Å². The molecule has 0 radical (unpaired) electrons. The van der Waals surface area contributed by atoms with Crippen molar-refractivity contribution in [3.8, 4) is 0 Å². The van der Waals surface area contributed by atoms with E-state index in [1.54, 1.807) is 0 Å². The van der Waals surface area contributed by atoms with Crippen LogP contribution in [-0.4, -0.2) is 60.7 Å². The number of fused-ring (bicyclic) bond motifs is 1. The van der Waals surface area contributed by atoms with Crippen LogP contribution in [0, 0.1) is 5.92 Å². The monoisotopic (exact) mass is 401 g/mol. The first-order chi connectivity index (χ1) is 14.1. The van der Waals surface area contributed by atoms with Crippen LogP contribution >= 0.6 is 0 Å². The highest BCUT2D eigenvalue weighted by Gasteiger charge is 2.26. The van der Waals surface area contributed by atoms with Crippen molar-refractivity contribution in [1.29, 1.82) is 0 Å². The molecule has 0 saturated carbocycles. The number of piperidine rings is 2. The van der Waals surface area contributed by atoms with Crippen molar-refractivity contribution in [1.82, 2.24) is 14.8 Å². The van der Waals surface area contributed by atoms with E-state index in [2.05, 4.69) is 16.0 Å². The van der Waals surface area contributed by atoms with Crippen LogP contribution in [0.15, 0.2) is 27.4 Å². The molecule has 2 aliphatic rings. The van der Waals surface area contributed by atoms with Crippen molar-refractivity contribution < 1.29 is 13.9 Å². The molecule has 7 heteroatoms. The average Bonchev–Trinajstić information content (AvgIpc) is 3.14. The average molecular weight is 402 g/mol. The minimum atomic E-state index is -0.381. The number of likely N-dealkylation sites (tertiary alicyclic amines) is 2. The second-order valence-electron chi connectivity index (χ2n) is 8.44. The van der Waals surface area contributed by atoms with Crippen molar-refractivity contribution in [3.63, 3.8) is 0 Å². The largest absolute Gasteiger partial charge is 0.453 e. The van der Waals surface area contributed by atoms with E-state index < -0.39 is 0 Å². The SMILES string of the molecule is COC(=O)N1CCC[C@@H](CCCN2CCC[C@H](c3cccc4[nH]c(=O)oc34)C2)C1. The van der Waals surface area contributed by atoms with Gasteiger partial charge in [-0.25, -0.2) is 9.59 Å². The molecule has 3 heterocycles. The van der Waals surface area contributed by atoms with Crippen LogP contribution in [0.5, 0.6) is 0 Å². The van der Waals surface area contributed by atoms with Crippen LogP contribution in [0.25, 0.3) is 11.1 Å². The summed E-state index contributed by atoms with van der Waals surface area (Å²) in [5.41, 5.74) is 2.65. The van der Waals surface area contributed by atoms with E-state index in [9.17, 15) is 9.59 Å². The number of H-pyrrole nitrogens is 1. The Bertz CT molecular complexity index is 890. The number of methoxy groups -OCH3 is 1. The Morgan fingerprint density at radius 3 is 2.97 bits per heavy atom. The molecule has 2 fully saturated rings. The van der Waals surface area contributed by atoms with Crippen molar-refractivity contribution in [2.24, 2.45) is 5.92 Å². The summed E-state index contributed by atoms with van der Waals surface area (Å²) in [6.07, 6.45) is 6.66. The van der Waals surface area contributed by atoms with E-state index in [-0.39, 0.29) is 11.8 Å². The number of carbonyl (C=O) groups excluding carboxylic acids is 1. The first-order valence-corrected chi connectivity index (χ1v) is 10.8. The lowest BCUT2D eigenvalue weighted by molar-refractivity contribution is 0.0989. The van der Waals surface area contributed by atoms with Gasteiger partial charge in [0.15, 0.2) is 5.58 Å². The molecule has 158 valence electrons. The normalized spacial score (nSPS) is 23.4. The number of oxazole rings is 1. The molecule has 2 aromatic rings. The summed E-state index contributed by atoms with van der Waals surface area (Å²) in [6.45, 7) is 4.86. The number of hydrogen-bond donors (Lipinski definition) is 1. The molecule has 1 aromatic carbocycles. The molecule has 1 N–H and O–H groups in total. The zero-order valence-electron chi connectivity index (χ0n) is 17.2. The zero-order chi connectivity index (χ0) is 20.2. The van der Waals surface area contributed by atoms with Gasteiger partial charge in [0.25, 0.3) is 0 Å². The van der Waals surface area contributed by atoms with Gasteiger partial charge >= 0.3 is 11.8 Å². The van der Waals surface area contributed by atoms with Crippen LogP contribution < -0.4 is 5.76 Å². The third-order valence-electron chi connectivity index (χ3n) is 6.46. The van der Waals surface area contributed by atoms with E-state index in [4.69, 9.17) is 9.15 Å². The second-order valence-corrected chi connectivity index (χ2v) is 8.44. The fraction of sp³-hybridized carbons (Fsp3) is 0.636. The minimum Gasteiger partial charge on any atom is -0.453 e. The second kappa shape index (κ2) is 9.03. The molecule has 4 rings (SSSR count). The lowest BCUT2D eigenvalue weighted by Gasteiger charge is -2.34. The lowest BCUT2D eigenvalue weighted by Crippen LogP contribution is -2.40. The van der Waals surface area contributed by atoms with Crippen LogP contribution in [-0.2, 0) is 4.74 Å². The number of ether oxygens (including phenoxy) is 1. The van der Waals surface area contributed by atoms with Crippen molar-refractivity contribution in [2.75, 3.05) is 39.8 Å². The molecular weight excluding hydrogens is 370 g/mol. The molecule has 2 atom stereocenters. The molecule has 2 aliphatic heterocycles. The van der Waals surface area contributed by atoms with Crippen molar-refractivity contribution in [3.05, 3.63) is 34.3 Å². The third-order valence-corrected chi connectivity index (χ3v) is 6.46. The topological polar surface area (TPSA) is 78.8 Å². The minimum absolute atomic E-state index is 0.195. The van der Waals surface area contributed by atoms with E-state index in [0.717, 1.165) is 81.5 Å². The number of benzene rings is 1. The van der Waals surface area contributed by atoms with Crippen molar-refractivity contribution >= 4 is 17.2 Å². The quantitative estimate of drug-likeness (QED) is 0.829. The number of rotatable bonds is 5. The third kappa shape index (κ3) is 4.66. The maximum absolute atomic E-state index is 11.8. The summed E-state index contributed by atoms with van der Waals surface area (Å²) >= 11 is 0. The van der Waals surface area contributed by atoms with Gasteiger partial charge in [-0.1, -0.05) is 12.1 Å². The smallest absolute Gasteiger partial charge is 0.417 e. The lowest BCUT2D eigenvalue weighted by atomic mass is 9.89. The number of nitrogens with one attached hydrogen (secondary N) is 1. The van der Waals surface area contributed by atoms with Gasteiger partial charge in [0, 0.05) is 31.1 Å². The highest BCUT2D eigenvalue weighted by molar-refractivity contribution is 5.76. The number of aromatic nitrogens is 1. The standard InChI is InChI=1S/C22H31N3O4/c1-28-22(27)25-13-4-7-16(14-25)6-3-11-24-12-5-8-17(15-24)18-9-2-10-19-20(18)29-21(26)23-19/h2,9-10,16-17H,3-8,11-15H2,1H3,(H,23,26)/t16-,17+/m1/s1. The Hall–Kier alpha value is -2.28. The zero-order valence-corrected chi connectivity index (χ0v) is 17.2. The van der Waals surface area contributed by atoms with E-state index in [0.29, 0.717) is 11.8 Å². The molecule has 0 aliphatic carbocycles. The summed E-state index contributed by atoms with van der Waals surface area (Å²) in [5, 5.41) is 0. The molecule has 0 unspecified atom stereocenters. The Morgan fingerprint density at radius 2 is 2.10 bits per heavy atom. The van der Waals surface area contributed by atoms with E-state index in [1.165, 1.54) is 13.5 Å². The van der Waals surface area contributed by atoms with Gasteiger partial charge in [-0.2, -0.15) is 0 Å². The number of hydrogen-bond acceptors (Lipinski definition) is 5. The number of carbonyl (C=O) groups is 1. The number of nitrogens with zero attached hydrogens (tertiary/aromatic N) is 2. The van der Waals surface area contributed by atoms with Gasteiger partial charge in [-0.15, -0.1) is 0 Å². The molecule has 0 bridgehead atoms. The fourth-order valence-corrected chi connectivity index (χ4v) is 5.03. The van der Waals surface area contributed by atoms with E-state index >= 15 is 0 Å². The fourth-order valence-electron chi connectivity index (χ4n) is 5.03. The summed E-state index contributed by atoms with van der Waals surface area (Å²) in [7, 11) is 1.46. The van der Waals surface area contributed by atoms with Gasteiger partial charge in [0.2, 0.25) is 0 Å². The molecule has 2 saturated heterocycles. The predicted octanol–water partition coefficient (Wildman–Crippen LogP) is 3.56. The maximum atomic E-state index is 11.8. The summed E-state index contributed by atoms with van der Waals surface area (Å²) in [6, 6.07) is 5.99. The number of para-hydroxylation sites is 1. The maximum Gasteiger partial charge on any atom is 0.417 e. The number of amides is 1. The highest BCUT2D eigenvalue weighted by Crippen LogP contribution is 2.31. The Labute approximate surface area is 171 Å². The Kier molecular flexibility index (Phi) is 6.23. The van der Waals surface area contributed by atoms with E-state index in [1.807, 2.05) is 17.0 Å². The highest BCUT2D eigenvalue weighted by atomic mass is 16.5. The molecule has 1 amide bonds. The van der Waals surface area contributed by atoms with Gasteiger partial charge in [0.05, 0.1) is 12.6 Å². The number of aromatic amines is 1. The molecule has 0 spiro atoms. The van der Waals surface area contributed by atoms with Gasteiger partial charge in [-0.3, -0.25) is 4.98 Å². The summed E-state index contributed by atoms with van der Waals surface area (Å²) in [4.78, 5) is 30.5. The van der Waals surface area contributed by atoms with Crippen LogP contribution in [0.4, 0.5) is 4.79 Å². The predicted molar refractivity (Wildman–Crippen MR) is 111 cm³/mol. The molecule has 1 aromatic heterocycles. The Morgan fingerprint density at radius 1 is 1.24 bits per heavy atom. The summed E-state index contributed by atoms with van der Waals surface area (Å²) in [5.74, 6) is 0.593. The molecule has 29 heavy (non-hydrogen) atoms. The van der Waals surface area contributed by atoms with Crippen LogP contribution in [0.2, 0.25) is 0 Å². The van der Waals surface area contributed by atoms with Gasteiger partial charge in [0.1, 0.15) is 0 Å². The molecular formula is C22H31N3O4. The first kappa shape index (κ1) is 20.0. The van der Waals surface area contributed by atoms with Gasteiger partial charge in [-0.05, 0) is 63.6 Å².